The van der Waals surface area contributed by atoms with Crippen molar-refractivity contribution in [2.75, 3.05) is 6.54 Å². The summed E-state index contributed by atoms with van der Waals surface area (Å²) in [4.78, 5) is 0. The van der Waals surface area contributed by atoms with Gasteiger partial charge < -0.3 is 10.1 Å². The molecule has 0 spiro atoms. The average molecular weight is 289 g/mol. The molecule has 1 aromatic rings. The molecule has 0 aliphatic heterocycles. The van der Waals surface area contributed by atoms with Crippen molar-refractivity contribution in [3.63, 3.8) is 0 Å². The smallest absolute Gasteiger partial charge is 0.119 e. The van der Waals surface area contributed by atoms with Gasteiger partial charge >= 0.3 is 0 Å². The summed E-state index contributed by atoms with van der Waals surface area (Å²) in [5.41, 5.74) is 1.38. The Balaban J connectivity index is 1.87. The van der Waals surface area contributed by atoms with E-state index in [9.17, 15) is 0 Å². The molecule has 1 saturated carbocycles. The van der Waals surface area contributed by atoms with E-state index in [-0.39, 0.29) is 0 Å². The first-order valence-corrected chi connectivity index (χ1v) is 8.55. The quantitative estimate of drug-likeness (QED) is 0.836. The third kappa shape index (κ3) is 5.35. The van der Waals surface area contributed by atoms with Crippen molar-refractivity contribution in [3.05, 3.63) is 29.8 Å². The van der Waals surface area contributed by atoms with E-state index in [4.69, 9.17) is 4.74 Å². The van der Waals surface area contributed by atoms with Gasteiger partial charge in [-0.05, 0) is 68.7 Å². The molecular weight excluding hydrogens is 258 g/mol. The molecule has 0 amide bonds. The molecule has 1 N–H and O–H groups in total. The number of benzene rings is 1. The van der Waals surface area contributed by atoms with Gasteiger partial charge in [0.1, 0.15) is 5.75 Å². The molecular formula is C19H31NO. The van der Waals surface area contributed by atoms with Crippen LogP contribution < -0.4 is 10.1 Å². The van der Waals surface area contributed by atoms with E-state index in [2.05, 4.69) is 57.3 Å². The fourth-order valence-electron chi connectivity index (χ4n) is 3.64. The van der Waals surface area contributed by atoms with E-state index in [1.54, 1.807) is 0 Å². The predicted molar refractivity (Wildman–Crippen MR) is 89.9 cm³/mol. The normalized spacial score (nSPS) is 27.3. The van der Waals surface area contributed by atoms with Crippen molar-refractivity contribution in [1.82, 2.24) is 5.32 Å². The Morgan fingerprint density at radius 1 is 1.10 bits per heavy atom. The molecule has 118 valence electrons. The molecule has 2 heteroatoms. The van der Waals surface area contributed by atoms with Crippen LogP contribution in [0.5, 0.6) is 5.75 Å². The summed E-state index contributed by atoms with van der Waals surface area (Å²) in [5, 5.41) is 3.45. The van der Waals surface area contributed by atoms with Crippen molar-refractivity contribution in [2.45, 2.75) is 65.5 Å². The third-order valence-corrected chi connectivity index (χ3v) is 4.46. The molecule has 0 heterocycles. The lowest BCUT2D eigenvalue weighted by molar-refractivity contribution is 0.101. The Kier molecular flexibility index (Phi) is 6.10. The van der Waals surface area contributed by atoms with E-state index in [1.807, 2.05) is 0 Å². The summed E-state index contributed by atoms with van der Waals surface area (Å²) < 4.78 is 6.19. The second-order valence-electron chi connectivity index (χ2n) is 6.96. The Morgan fingerprint density at radius 2 is 1.71 bits per heavy atom. The van der Waals surface area contributed by atoms with Crippen LogP contribution in [0.15, 0.2) is 24.3 Å². The van der Waals surface area contributed by atoms with Gasteiger partial charge in [-0.25, -0.2) is 0 Å². The van der Waals surface area contributed by atoms with Gasteiger partial charge in [0.15, 0.2) is 0 Å². The van der Waals surface area contributed by atoms with Gasteiger partial charge in [-0.2, -0.15) is 0 Å². The number of rotatable bonds is 6. The van der Waals surface area contributed by atoms with Crippen molar-refractivity contribution < 1.29 is 4.74 Å². The summed E-state index contributed by atoms with van der Waals surface area (Å²) in [7, 11) is 0. The van der Waals surface area contributed by atoms with Gasteiger partial charge in [0.05, 0.1) is 6.10 Å². The monoisotopic (exact) mass is 289 g/mol. The number of nitrogens with one attached hydrogen (secondary N) is 1. The van der Waals surface area contributed by atoms with Gasteiger partial charge in [0, 0.05) is 6.04 Å². The Morgan fingerprint density at radius 3 is 2.29 bits per heavy atom. The molecule has 21 heavy (non-hydrogen) atoms. The lowest BCUT2D eigenvalue weighted by Crippen LogP contribution is -2.28. The van der Waals surface area contributed by atoms with Gasteiger partial charge in [0.25, 0.3) is 0 Å². The van der Waals surface area contributed by atoms with E-state index in [1.165, 1.54) is 24.8 Å². The highest BCUT2D eigenvalue weighted by Crippen LogP contribution is 2.31. The van der Waals surface area contributed by atoms with Crippen LogP contribution in [-0.4, -0.2) is 18.7 Å². The molecule has 1 aliphatic rings. The molecule has 0 aromatic heterocycles. The minimum Gasteiger partial charge on any atom is -0.490 e. The van der Waals surface area contributed by atoms with Crippen molar-refractivity contribution in [3.8, 4) is 5.75 Å². The lowest BCUT2D eigenvalue weighted by Gasteiger charge is -2.31. The third-order valence-electron chi connectivity index (χ3n) is 4.46. The Labute approximate surface area is 130 Å². The number of likely N-dealkylation sites (N-methyl/N-ethyl adjacent to an activating group) is 1. The molecule has 0 radical (unpaired) electrons. The fourth-order valence-corrected chi connectivity index (χ4v) is 3.64. The summed E-state index contributed by atoms with van der Waals surface area (Å²) in [6, 6.07) is 9.22. The van der Waals surface area contributed by atoms with E-state index >= 15 is 0 Å². The van der Waals surface area contributed by atoms with Crippen LogP contribution in [0.2, 0.25) is 0 Å². The molecule has 3 unspecified atom stereocenters. The molecule has 0 saturated heterocycles. The molecule has 1 aliphatic carbocycles. The maximum absolute atomic E-state index is 6.19. The molecule has 1 aromatic carbocycles. The molecule has 3 atom stereocenters. The zero-order valence-electron chi connectivity index (χ0n) is 14.1. The SMILES string of the molecule is CCNC(C)Cc1ccc(OC2CC(C)CC(C)C2)cc1. The standard InChI is InChI=1S/C19H31NO/c1-5-20-16(4)13-17-6-8-18(9-7-17)21-19-11-14(2)10-15(3)12-19/h6-9,14-16,19-20H,5,10-13H2,1-4H3. The highest BCUT2D eigenvalue weighted by Gasteiger charge is 2.25. The van der Waals surface area contributed by atoms with Gasteiger partial charge in [-0.3, -0.25) is 0 Å². The van der Waals surface area contributed by atoms with Crippen LogP contribution in [0.3, 0.4) is 0 Å². The minimum atomic E-state index is 0.398. The number of hydrogen-bond donors (Lipinski definition) is 1. The minimum absolute atomic E-state index is 0.398. The first-order chi connectivity index (χ1) is 10.1. The van der Waals surface area contributed by atoms with Crippen LogP contribution in [0.4, 0.5) is 0 Å². The second-order valence-corrected chi connectivity index (χ2v) is 6.96. The summed E-state index contributed by atoms with van der Waals surface area (Å²) in [5.74, 6) is 2.61. The van der Waals surface area contributed by atoms with E-state index < -0.39 is 0 Å². The Hall–Kier alpha value is -1.02. The first-order valence-electron chi connectivity index (χ1n) is 8.55. The van der Waals surface area contributed by atoms with E-state index in [0.29, 0.717) is 12.1 Å². The Bertz CT molecular complexity index is 404. The van der Waals surface area contributed by atoms with Gasteiger partial charge in [-0.15, -0.1) is 0 Å². The largest absolute Gasteiger partial charge is 0.490 e. The predicted octanol–water partition coefficient (Wildman–Crippen LogP) is 4.43. The van der Waals surface area contributed by atoms with Crippen LogP contribution in [0.1, 0.15) is 52.5 Å². The molecule has 1 fully saturated rings. The van der Waals surface area contributed by atoms with Crippen LogP contribution >= 0.6 is 0 Å². The second kappa shape index (κ2) is 7.84. The topological polar surface area (TPSA) is 21.3 Å². The first kappa shape index (κ1) is 16.4. The highest BCUT2D eigenvalue weighted by molar-refractivity contribution is 5.28. The van der Waals surface area contributed by atoms with Crippen molar-refractivity contribution >= 4 is 0 Å². The zero-order chi connectivity index (χ0) is 15.2. The summed E-state index contributed by atoms with van der Waals surface area (Å²) >= 11 is 0. The van der Waals surface area contributed by atoms with Crippen LogP contribution in [-0.2, 0) is 6.42 Å². The molecule has 2 nitrogen and oxygen atoms in total. The van der Waals surface area contributed by atoms with Crippen LogP contribution in [0, 0.1) is 11.8 Å². The fraction of sp³-hybridized carbons (Fsp3) is 0.684. The average Bonchev–Trinajstić information content (AvgIpc) is 2.40. The molecule has 0 bridgehead atoms. The van der Waals surface area contributed by atoms with Crippen LogP contribution in [0.25, 0.3) is 0 Å². The number of ether oxygens (including phenoxy) is 1. The molecule has 2 rings (SSSR count). The van der Waals surface area contributed by atoms with E-state index in [0.717, 1.165) is 30.6 Å². The maximum Gasteiger partial charge on any atom is 0.119 e. The zero-order valence-corrected chi connectivity index (χ0v) is 14.1. The number of hydrogen-bond acceptors (Lipinski definition) is 2. The maximum atomic E-state index is 6.19. The lowest BCUT2D eigenvalue weighted by atomic mass is 9.82. The van der Waals surface area contributed by atoms with Crippen molar-refractivity contribution in [2.24, 2.45) is 11.8 Å². The highest BCUT2D eigenvalue weighted by atomic mass is 16.5. The van der Waals surface area contributed by atoms with Gasteiger partial charge in [0.2, 0.25) is 0 Å². The summed E-state index contributed by atoms with van der Waals surface area (Å²) in [6.07, 6.45) is 5.22. The van der Waals surface area contributed by atoms with Crippen molar-refractivity contribution in [1.29, 1.82) is 0 Å². The summed E-state index contributed by atoms with van der Waals surface area (Å²) in [6.45, 7) is 10.1. The van der Waals surface area contributed by atoms with Gasteiger partial charge in [-0.1, -0.05) is 32.9 Å².